The Hall–Kier alpha value is -0.300. The molecule has 0 fully saturated rings. The van der Waals surface area contributed by atoms with Crippen LogP contribution in [0.15, 0.2) is 36.4 Å². The molecule has 0 radical (unpaired) electrons. The molecular weight excluding hydrogens is 536 g/mol. The molecule has 0 aliphatic heterocycles. The van der Waals surface area contributed by atoms with Gasteiger partial charge in [-0.25, -0.2) is 4.79 Å². The van der Waals surface area contributed by atoms with E-state index in [-0.39, 0.29) is 32.4 Å². The van der Waals surface area contributed by atoms with Crippen LogP contribution in [0.1, 0.15) is 21.5 Å². The minimum Gasteiger partial charge on any atom is -0.306 e. The Labute approximate surface area is 200 Å². The molecule has 2 aromatic carbocycles. The van der Waals surface area contributed by atoms with E-state index in [9.17, 15) is 9.59 Å². The van der Waals surface area contributed by atoms with Crippen LogP contribution in [-0.4, -0.2) is 11.9 Å². The lowest BCUT2D eigenvalue weighted by atomic mass is 10.1. The summed E-state index contributed by atoms with van der Waals surface area (Å²) in [5.74, 6) is -0.738. The van der Waals surface area contributed by atoms with E-state index in [1.54, 1.807) is 12.1 Å². The van der Waals surface area contributed by atoms with Crippen molar-refractivity contribution in [3.63, 3.8) is 0 Å². The van der Waals surface area contributed by atoms with Gasteiger partial charge in [0.1, 0.15) is 0 Å². The standard InChI is InChI=1S/C16H8Cl8N2O2/c17-10-4-2-1-3-8(10)13(27)26-14(28)25-11-6-7(15(19,20)21)5-9(12(11)18)16(22,23)24/h1-6H,(H2,25,26,27,28). The van der Waals surface area contributed by atoms with Crippen LogP contribution in [0.25, 0.3) is 0 Å². The summed E-state index contributed by atoms with van der Waals surface area (Å²) in [5, 5.41) is 4.51. The zero-order valence-corrected chi connectivity index (χ0v) is 19.4. The first-order valence-corrected chi connectivity index (χ1v) is 10.2. The molecule has 0 saturated heterocycles. The van der Waals surface area contributed by atoms with Crippen molar-refractivity contribution in [3.05, 3.63) is 63.1 Å². The number of alkyl halides is 6. The summed E-state index contributed by atoms with van der Waals surface area (Å²) in [6, 6.07) is 7.80. The highest BCUT2D eigenvalue weighted by Crippen LogP contribution is 2.48. The van der Waals surface area contributed by atoms with Gasteiger partial charge in [0.25, 0.3) is 5.91 Å². The Morgan fingerprint density at radius 1 is 0.857 bits per heavy atom. The molecule has 0 unspecified atom stereocenters. The first-order valence-electron chi connectivity index (χ1n) is 7.15. The van der Waals surface area contributed by atoms with Gasteiger partial charge in [0, 0.05) is 11.1 Å². The molecule has 2 N–H and O–H groups in total. The maximum Gasteiger partial charge on any atom is 0.326 e. The Bertz CT molecular complexity index is 922. The number of anilines is 1. The largest absolute Gasteiger partial charge is 0.326 e. The van der Waals surface area contributed by atoms with Gasteiger partial charge in [-0.2, -0.15) is 0 Å². The fourth-order valence-corrected chi connectivity index (χ4v) is 3.49. The van der Waals surface area contributed by atoms with Crippen LogP contribution in [0.2, 0.25) is 10.0 Å². The van der Waals surface area contributed by atoms with E-state index < -0.39 is 19.5 Å². The molecule has 0 spiro atoms. The van der Waals surface area contributed by atoms with E-state index in [2.05, 4.69) is 10.6 Å². The van der Waals surface area contributed by atoms with Crippen LogP contribution >= 0.6 is 92.8 Å². The summed E-state index contributed by atoms with van der Waals surface area (Å²) in [6.45, 7) is 0. The van der Waals surface area contributed by atoms with Crippen LogP contribution < -0.4 is 10.6 Å². The fraction of sp³-hybridized carbons (Fsp3) is 0.125. The van der Waals surface area contributed by atoms with Crippen LogP contribution in [-0.2, 0) is 7.59 Å². The lowest BCUT2D eigenvalue weighted by Gasteiger charge is -2.21. The predicted octanol–water partition coefficient (Wildman–Crippen LogP) is 7.61. The number of nitrogens with one attached hydrogen (secondary N) is 2. The zero-order valence-electron chi connectivity index (χ0n) is 13.3. The number of carbonyl (C=O) groups excluding carboxylic acids is 2. The van der Waals surface area contributed by atoms with Crippen molar-refractivity contribution in [1.82, 2.24) is 5.32 Å². The van der Waals surface area contributed by atoms with Crippen LogP contribution in [0, 0.1) is 0 Å². The van der Waals surface area contributed by atoms with E-state index in [1.165, 1.54) is 24.3 Å². The molecule has 0 aliphatic rings. The highest BCUT2D eigenvalue weighted by atomic mass is 35.6. The van der Waals surface area contributed by atoms with Crippen molar-refractivity contribution in [2.45, 2.75) is 7.59 Å². The number of rotatable bonds is 2. The highest BCUT2D eigenvalue weighted by molar-refractivity contribution is 6.68. The molecule has 0 bridgehead atoms. The maximum absolute atomic E-state index is 12.2. The average Bonchev–Trinajstić information content (AvgIpc) is 2.54. The third-order valence-electron chi connectivity index (χ3n) is 3.30. The number of benzene rings is 2. The van der Waals surface area contributed by atoms with Gasteiger partial charge in [0.15, 0.2) is 0 Å². The molecule has 0 aromatic heterocycles. The molecule has 3 amide bonds. The van der Waals surface area contributed by atoms with E-state index in [0.29, 0.717) is 0 Å². The molecule has 0 aliphatic carbocycles. The summed E-state index contributed by atoms with van der Waals surface area (Å²) < 4.78 is -3.86. The Kier molecular flexibility index (Phi) is 7.91. The molecule has 28 heavy (non-hydrogen) atoms. The van der Waals surface area contributed by atoms with Gasteiger partial charge in [0.2, 0.25) is 7.59 Å². The van der Waals surface area contributed by atoms with E-state index in [1.807, 2.05) is 0 Å². The molecule has 150 valence electrons. The molecule has 2 rings (SSSR count). The number of urea groups is 1. The quantitative estimate of drug-likeness (QED) is 0.383. The third-order valence-corrected chi connectivity index (χ3v) is 5.30. The summed E-state index contributed by atoms with van der Waals surface area (Å²) in [5.41, 5.74) is 0.102. The second-order valence-electron chi connectivity index (χ2n) is 5.27. The van der Waals surface area contributed by atoms with Gasteiger partial charge in [-0.15, -0.1) is 0 Å². The Morgan fingerprint density at radius 2 is 1.46 bits per heavy atom. The maximum atomic E-state index is 12.2. The number of carbonyl (C=O) groups is 2. The Balaban J connectivity index is 2.33. The number of hydrogen-bond acceptors (Lipinski definition) is 2. The average molecular weight is 544 g/mol. The lowest BCUT2D eigenvalue weighted by molar-refractivity contribution is 0.0967. The van der Waals surface area contributed by atoms with Gasteiger partial charge in [-0.3, -0.25) is 10.1 Å². The first kappa shape index (κ1) is 24.0. The summed E-state index contributed by atoms with van der Waals surface area (Å²) in [4.78, 5) is 24.4. The topological polar surface area (TPSA) is 58.2 Å². The number of imide groups is 1. The second kappa shape index (κ2) is 9.23. The van der Waals surface area contributed by atoms with Crippen molar-refractivity contribution in [1.29, 1.82) is 0 Å². The highest BCUT2D eigenvalue weighted by Gasteiger charge is 2.32. The van der Waals surface area contributed by atoms with E-state index in [4.69, 9.17) is 92.8 Å². The molecule has 0 atom stereocenters. The Morgan fingerprint density at radius 3 is 2.00 bits per heavy atom. The van der Waals surface area contributed by atoms with Crippen LogP contribution in [0.3, 0.4) is 0 Å². The predicted molar refractivity (Wildman–Crippen MR) is 118 cm³/mol. The normalized spacial score (nSPS) is 11.9. The van der Waals surface area contributed by atoms with Crippen molar-refractivity contribution in [3.8, 4) is 0 Å². The van der Waals surface area contributed by atoms with Crippen molar-refractivity contribution < 1.29 is 9.59 Å². The van der Waals surface area contributed by atoms with E-state index in [0.717, 1.165) is 0 Å². The summed E-state index contributed by atoms with van der Waals surface area (Å²) >= 11 is 47.5. The third kappa shape index (κ3) is 6.10. The van der Waals surface area contributed by atoms with Gasteiger partial charge < -0.3 is 5.32 Å². The minimum atomic E-state index is -1.97. The minimum absolute atomic E-state index is 0.0317. The number of hydrogen-bond donors (Lipinski definition) is 2. The first-order chi connectivity index (χ1) is 12.8. The van der Waals surface area contributed by atoms with Crippen LogP contribution in [0.4, 0.5) is 10.5 Å². The van der Waals surface area contributed by atoms with Gasteiger partial charge in [-0.1, -0.05) is 105 Å². The molecular formula is C16H8Cl8N2O2. The number of halogens is 8. The van der Waals surface area contributed by atoms with Gasteiger partial charge in [0.05, 0.1) is 21.3 Å². The monoisotopic (exact) mass is 540 g/mol. The molecule has 0 saturated carbocycles. The molecule has 4 nitrogen and oxygen atoms in total. The lowest BCUT2D eigenvalue weighted by Crippen LogP contribution is -2.34. The number of amides is 3. The van der Waals surface area contributed by atoms with Crippen LogP contribution in [0.5, 0.6) is 0 Å². The van der Waals surface area contributed by atoms with Gasteiger partial charge >= 0.3 is 6.03 Å². The zero-order chi connectivity index (χ0) is 21.3. The SMILES string of the molecule is O=C(NC(=O)c1ccccc1Cl)Nc1cc(C(Cl)(Cl)Cl)cc(C(Cl)(Cl)Cl)c1Cl. The van der Waals surface area contributed by atoms with E-state index >= 15 is 0 Å². The second-order valence-corrected chi connectivity index (χ2v) is 10.6. The smallest absolute Gasteiger partial charge is 0.306 e. The molecule has 2 aromatic rings. The molecule has 0 heterocycles. The van der Waals surface area contributed by atoms with Crippen molar-refractivity contribution in [2.24, 2.45) is 0 Å². The summed E-state index contributed by atoms with van der Waals surface area (Å²) in [6.07, 6.45) is 0. The van der Waals surface area contributed by atoms with Gasteiger partial charge in [-0.05, 0) is 24.3 Å². The van der Waals surface area contributed by atoms with Crippen molar-refractivity contribution >= 4 is 110 Å². The molecule has 12 heteroatoms. The summed E-state index contributed by atoms with van der Waals surface area (Å²) in [7, 11) is 0. The fourth-order valence-electron chi connectivity index (χ4n) is 2.05. The van der Waals surface area contributed by atoms with Crippen molar-refractivity contribution in [2.75, 3.05) is 5.32 Å².